The fraction of sp³-hybridized carbons (Fsp3) is 0.556. The molecule has 0 unspecified atom stereocenters. The lowest BCUT2D eigenvalue weighted by Gasteiger charge is -2.33. The summed E-state index contributed by atoms with van der Waals surface area (Å²) in [6.07, 6.45) is 1.47. The molecule has 0 aromatic heterocycles. The van der Waals surface area contributed by atoms with Gasteiger partial charge in [-0.1, -0.05) is 6.07 Å². The van der Waals surface area contributed by atoms with Gasteiger partial charge in [-0.15, -0.1) is 0 Å². The maximum absolute atomic E-state index is 13.4. The summed E-state index contributed by atoms with van der Waals surface area (Å²) in [6.45, 7) is 6.69. The summed E-state index contributed by atoms with van der Waals surface area (Å²) in [4.78, 5) is 18.5. The van der Waals surface area contributed by atoms with Crippen LogP contribution in [-0.2, 0) is 16.1 Å². The predicted molar refractivity (Wildman–Crippen MR) is 93.8 cm³/mol. The molecule has 1 aliphatic rings. The quantitative estimate of drug-likeness (QED) is 0.484. The second kappa shape index (κ2) is 9.25. The molecule has 1 aromatic carbocycles. The molecule has 138 valence electrons. The number of hydrogen-bond acceptors (Lipinski definition) is 4. The van der Waals surface area contributed by atoms with Crippen LogP contribution in [0, 0.1) is 11.7 Å². The highest BCUT2D eigenvalue weighted by molar-refractivity contribution is 5.80. The number of halogens is 1. The van der Waals surface area contributed by atoms with Gasteiger partial charge < -0.3 is 20.1 Å². The number of phenols is 1. The minimum atomic E-state index is -0.645. The molecule has 0 spiro atoms. The fourth-order valence-electron chi connectivity index (χ4n) is 2.83. The Labute approximate surface area is 147 Å². The van der Waals surface area contributed by atoms with Crippen molar-refractivity contribution in [2.24, 2.45) is 10.9 Å². The van der Waals surface area contributed by atoms with Crippen molar-refractivity contribution in [1.29, 1.82) is 0 Å². The van der Waals surface area contributed by atoms with Gasteiger partial charge in [0.05, 0.1) is 19.1 Å². The number of carbonyl (C=O) groups excluding carboxylic acids is 1. The van der Waals surface area contributed by atoms with Crippen LogP contribution in [-0.4, -0.2) is 48.2 Å². The lowest BCUT2D eigenvalue weighted by Crippen LogP contribution is -2.46. The van der Waals surface area contributed by atoms with Gasteiger partial charge >= 0.3 is 5.97 Å². The lowest BCUT2D eigenvalue weighted by molar-refractivity contribution is -0.149. The van der Waals surface area contributed by atoms with Crippen LogP contribution >= 0.6 is 0 Å². The normalized spacial score (nSPS) is 16.0. The Bertz CT molecular complexity index is 614. The first-order chi connectivity index (χ1) is 12.0. The number of phenolic OH excluding ortho intramolecular Hbond substituents is 1. The van der Waals surface area contributed by atoms with E-state index in [1.807, 2.05) is 13.8 Å². The summed E-state index contributed by atoms with van der Waals surface area (Å²) < 4.78 is 18.5. The molecule has 1 aliphatic heterocycles. The van der Waals surface area contributed by atoms with Crippen LogP contribution in [0.3, 0.4) is 0 Å². The average Bonchev–Trinajstić information content (AvgIpc) is 2.62. The second-order valence-electron chi connectivity index (χ2n) is 5.97. The number of aromatic hydroxyl groups is 1. The number of aliphatic imine (C=N–C) groups is 1. The van der Waals surface area contributed by atoms with Crippen molar-refractivity contribution in [3.05, 3.63) is 29.6 Å². The van der Waals surface area contributed by atoms with Crippen LogP contribution in [0.1, 0.15) is 32.3 Å². The number of esters is 1. The number of likely N-dealkylation sites (tertiary alicyclic amines) is 1. The zero-order chi connectivity index (χ0) is 18.2. The Kier molecular flexibility index (Phi) is 7.03. The number of carbonyl (C=O) groups is 1. The summed E-state index contributed by atoms with van der Waals surface area (Å²) >= 11 is 0. The Morgan fingerprint density at radius 1 is 1.40 bits per heavy atom. The molecular weight excluding hydrogens is 325 g/mol. The van der Waals surface area contributed by atoms with E-state index >= 15 is 0 Å². The highest BCUT2D eigenvalue weighted by Crippen LogP contribution is 2.20. The van der Waals surface area contributed by atoms with Crippen LogP contribution in [0.4, 0.5) is 4.39 Å². The molecule has 0 radical (unpaired) electrons. The van der Waals surface area contributed by atoms with Gasteiger partial charge in [-0.25, -0.2) is 9.38 Å². The number of hydrogen-bond donors (Lipinski definition) is 2. The van der Waals surface area contributed by atoms with E-state index in [-0.39, 0.29) is 17.6 Å². The van der Waals surface area contributed by atoms with Gasteiger partial charge in [0.15, 0.2) is 17.5 Å². The van der Waals surface area contributed by atoms with Gasteiger partial charge in [-0.05, 0) is 44.4 Å². The van der Waals surface area contributed by atoms with E-state index in [2.05, 4.69) is 15.2 Å². The standard InChI is InChI=1S/C18H26FN3O3/c1-3-20-18(21-12-13-5-6-16(23)15(19)11-13)22-9-7-14(8-10-22)17(24)25-4-2/h5-6,11,14,23H,3-4,7-10,12H2,1-2H3,(H,20,21). The van der Waals surface area contributed by atoms with E-state index in [1.54, 1.807) is 6.07 Å². The molecule has 1 fully saturated rings. The molecule has 1 aromatic rings. The Morgan fingerprint density at radius 2 is 2.12 bits per heavy atom. The van der Waals surface area contributed by atoms with Gasteiger partial charge in [-0.3, -0.25) is 4.79 Å². The Balaban J connectivity index is 1.98. The smallest absolute Gasteiger partial charge is 0.309 e. The van der Waals surface area contributed by atoms with Gasteiger partial charge in [0.1, 0.15) is 0 Å². The fourth-order valence-corrected chi connectivity index (χ4v) is 2.83. The lowest BCUT2D eigenvalue weighted by atomic mass is 9.97. The first-order valence-electron chi connectivity index (χ1n) is 8.72. The van der Waals surface area contributed by atoms with Crippen molar-refractivity contribution in [2.45, 2.75) is 33.2 Å². The highest BCUT2D eigenvalue weighted by Gasteiger charge is 2.27. The molecule has 25 heavy (non-hydrogen) atoms. The van der Waals surface area contributed by atoms with Crippen LogP contribution in [0.2, 0.25) is 0 Å². The topological polar surface area (TPSA) is 74.2 Å². The number of nitrogens with zero attached hydrogens (tertiary/aromatic N) is 2. The van der Waals surface area contributed by atoms with Crippen LogP contribution in [0.25, 0.3) is 0 Å². The minimum absolute atomic E-state index is 0.0507. The number of piperidine rings is 1. The monoisotopic (exact) mass is 351 g/mol. The minimum Gasteiger partial charge on any atom is -0.505 e. The average molecular weight is 351 g/mol. The first kappa shape index (κ1) is 19.0. The molecule has 1 heterocycles. The maximum Gasteiger partial charge on any atom is 0.309 e. The zero-order valence-electron chi connectivity index (χ0n) is 14.8. The molecule has 1 saturated heterocycles. The summed E-state index contributed by atoms with van der Waals surface area (Å²) in [6, 6.07) is 4.27. The van der Waals surface area contributed by atoms with Crippen molar-refractivity contribution < 1.29 is 19.0 Å². The van der Waals surface area contributed by atoms with Gasteiger partial charge in [0, 0.05) is 19.6 Å². The van der Waals surface area contributed by atoms with Crippen molar-refractivity contribution >= 4 is 11.9 Å². The van der Waals surface area contributed by atoms with Crippen LogP contribution < -0.4 is 5.32 Å². The number of rotatable bonds is 5. The van der Waals surface area contributed by atoms with Crippen molar-refractivity contribution in [2.75, 3.05) is 26.2 Å². The molecule has 0 bridgehead atoms. The molecule has 0 amide bonds. The zero-order valence-corrected chi connectivity index (χ0v) is 14.8. The molecule has 0 aliphatic carbocycles. The summed E-state index contributed by atoms with van der Waals surface area (Å²) in [7, 11) is 0. The number of guanidine groups is 1. The number of benzene rings is 1. The van der Waals surface area contributed by atoms with Crippen molar-refractivity contribution in [3.8, 4) is 5.75 Å². The number of nitrogens with one attached hydrogen (secondary N) is 1. The third kappa shape index (κ3) is 5.34. The van der Waals surface area contributed by atoms with E-state index < -0.39 is 5.82 Å². The van der Waals surface area contributed by atoms with E-state index in [0.29, 0.717) is 18.7 Å². The highest BCUT2D eigenvalue weighted by atomic mass is 19.1. The molecule has 2 N–H and O–H groups in total. The van der Waals surface area contributed by atoms with E-state index in [4.69, 9.17) is 4.74 Å². The maximum atomic E-state index is 13.4. The summed E-state index contributed by atoms with van der Waals surface area (Å²) in [5.74, 6) is -0.430. The van der Waals surface area contributed by atoms with Crippen LogP contribution in [0.5, 0.6) is 5.75 Å². The summed E-state index contributed by atoms with van der Waals surface area (Å²) in [5.41, 5.74) is 0.687. The van der Waals surface area contributed by atoms with E-state index in [1.165, 1.54) is 12.1 Å². The van der Waals surface area contributed by atoms with Gasteiger partial charge in [0.25, 0.3) is 0 Å². The largest absolute Gasteiger partial charge is 0.505 e. The molecular formula is C18H26FN3O3. The van der Waals surface area contributed by atoms with Crippen molar-refractivity contribution in [1.82, 2.24) is 10.2 Å². The van der Waals surface area contributed by atoms with Crippen LogP contribution in [0.15, 0.2) is 23.2 Å². The van der Waals surface area contributed by atoms with Gasteiger partial charge in [0.2, 0.25) is 0 Å². The van der Waals surface area contributed by atoms with Gasteiger partial charge in [-0.2, -0.15) is 0 Å². The SMILES string of the molecule is CCNC(=NCc1ccc(O)c(F)c1)N1CCC(C(=O)OCC)CC1. The van der Waals surface area contributed by atoms with Crippen molar-refractivity contribution in [3.63, 3.8) is 0 Å². The molecule has 7 heteroatoms. The first-order valence-corrected chi connectivity index (χ1v) is 8.72. The Hall–Kier alpha value is -2.31. The molecule has 0 atom stereocenters. The second-order valence-corrected chi connectivity index (χ2v) is 5.97. The predicted octanol–water partition coefficient (Wildman–Crippen LogP) is 2.27. The third-order valence-corrected chi connectivity index (χ3v) is 4.17. The molecule has 0 saturated carbocycles. The summed E-state index contributed by atoms with van der Waals surface area (Å²) in [5, 5.41) is 12.5. The molecule has 2 rings (SSSR count). The van der Waals surface area contributed by atoms with E-state index in [9.17, 15) is 14.3 Å². The number of ether oxygens (including phenoxy) is 1. The third-order valence-electron chi connectivity index (χ3n) is 4.17. The molecule has 6 nitrogen and oxygen atoms in total. The Morgan fingerprint density at radius 3 is 2.72 bits per heavy atom. The van der Waals surface area contributed by atoms with E-state index in [0.717, 1.165) is 38.4 Å².